The van der Waals surface area contributed by atoms with E-state index in [1.807, 2.05) is 0 Å². The van der Waals surface area contributed by atoms with Gasteiger partial charge in [-0.2, -0.15) is 0 Å². The minimum absolute atomic E-state index is 0.274. The van der Waals surface area contributed by atoms with Crippen molar-refractivity contribution in [2.24, 2.45) is 0 Å². The molecule has 8 heteroatoms. The summed E-state index contributed by atoms with van der Waals surface area (Å²) in [5.74, 6) is 0. The molecule has 0 amide bonds. The predicted molar refractivity (Wildman–Crippen MR) is 130 cm³/mol. The molecule has 0 bridgehead atoms. The fourth-order valence-electron chi connectivity index (χ4n) is 4.25. The molecule has 25 heavy (non-hydrogen) atoms. The van der Waals surface area contributed by atoms with Crippen molar-refractivity contribution in [1.29, 1.82) is 0 Å². The summed E-state index contributed by atoms with van der Waals surface area (Å²) in [6, 6.07) is 0. The van der Waals surface area contributed by atoms with E-state index >= 15 is 0 Å². The first-order valence-electron chi connectivity index (χ1n) is 9.19. The van der Waals surface area contributed by atoms with Crippen molar-refractivity contribution in [2.45, 2.75) is 75.1 Å². The van der Waals surface area contributed by atoms with Gasteiger partial charge in [-0.3, -0.25) is 0 Å². The van der Waals surface area contributed by atoms with Gasteiger partial charge in [0.25, 0.3) is 0 Å². The molecule has 0 radical (unpaired) electrons. The number of hydrogen-bond donors (Lipinski definition) is 0. The Kier molecular flexibility index (Phi) is 5.21. The van der Waals surface area contributed by atoms with Crippen LogP contribution in [0.15, 0.2) is 16.9 Å². The number of fused-ring (bicyclic) bond motifs is 2. The number of rotatable bonds is 0. The van der Waals surface area contributed by atoms with Crippen LogP contribution in [0.25, 0.3) is 0 Å². The van der Waals surface area contributed by atoms with Crippen molar-refractivity contribution in [3.8, 4) is 0 Å². The average molecular weight is 481 g/mol. The van der Waals surface area contributed by atoms with E-state index in [-0.39, 0.29) is 2.74 Å². The molecule has 4 unspecified atom stereocenters. The highest BCUT2D eigenvalue weighted by Gasteiger charge is 2.53. The quantitative estimate of drug-likeness (QED) is 0.334. The Labute approximate surface area is 184 Å². The van der Waals surface area contributed by atoms with Crippen molar-refractivity contribution >= 4 is 94.1 Å². The van der Waals surface area contributed by atoms with Gasteiger partial charge in [0.2, 0.25) is 0 Å². The molecule has 2 fully saturated rings. The lowest BCUT2D eigenvalue weighted by Crippen LogP contribution is -2.26. The van der Waals surface area contributed by atoms with Crippen LogP contribution < -0.4 is 0 Å². The van der Waals surface area contributed by atoms with Crippen molar-refractivity contribution in [2.75, 3.05) is 0 Å². The van der Waals surface area contributed by atoms with Crippen molar-refractivity contribution < 1.29 is 0 Å². The van der Waals surface area contributed by atoms with Gasteiger partial charge in [-0.15, -0.1) is 47.0 Å². The van der Waals surface area contributed by atoms with E-state index in [1.54, 1.807) is 16.9 Å². The van der Waals surface area contributed by atoms with Gasteiger partial charge in [-0.05, 0) is 25.7 Å². The first kappa shape index (κ1) is 18.1. The number of hydrogen-bond acceptors (Lipinski definition) is 8. The standard InChI is InChI=1S/C17H20S8/c1-2-6-10-9(5-1)18-13-14(19-10)23-17(22-13)24-15-16(25-17)21-12-8-4-3-7-11(12)20-15/h9-12H,1-8H2. The zero-order chi connectivity index (χ0) is 16.4. The molecule has 0 aromatic rings. The summed E-state index contributed by atoms with van der Waals surface area (Å²) in [4.78, 5) is 0. The maximum absolute atomic E-state index is 2.24. The Balaban J connectivity index is 1.19. The summed E-state index contributed by atoms with van der Waals surface area (Å²) in [6.45, 7) is 0. The highest BCUT2D eigenvalue weighted by Crippen LogP contribution is 2.80. The normalized spacial score (nSPS) is 46.1. The zero-order valence-electron chi connectivity index (χ0n) is 13.7. The highest BCUT2D eigenvalue weighted by molar-refractivity contribution is 8.60. The summed E-state index contributed by atoms with van der Waals surface area (Å²) >= 11 is 17.8. The first-order chi connectivity index (χ1) is 12.3. The van der Waals surface area contributed by atoms with Gasteiger partial charge >= 0.3 is 0 Å². The van der Waals surface area contributed by atoms with E-state index < -0.39 is 0 Å². The summed E-state index contributed by atoms with van der Waals surface area (Å²) in [5.41, 5.74) is 0. The number of thioether (sulfide) groups is 8. The molecule has 0 saturated heterocycles. The van der Waals surface area contributed by atoms with E-state index in [0.717, 1.165) is 21.0 Å². The molecule has 4 aliphatic heterocycles. The predicted octanol–water partition coefficient (Wildman–Crippen LogP) is 8.39. The van der Waals surface area contributed by atoms with Gasteiger partial charge in [-0.25, -0.2) is 0 Å². The molecule has 2 saturated carbocycles. The van der Waals surface area contributed by atoms with Crippen LogP contribution >= 0.6 is 94.1 Å². The van der Waals surface area contributed by atoms with Crippen LogP contribution in [0.1, 0.15) is 51.4 Å². The molecule has 0 N–H and O–H groups in total. The van der Waals surface area contributed by atoms with Crippen molar-refractivity contribution in [3.05, 3.63) is 16.9 Å². The van der Waals surface area contributed by atoms with Crippen LogP contribution in [0.5, 0.6) is 0 Å². The van der Waals surface area contributed by atoms with Crippen LogP contribution in [-0.4, -0.2) is 23.7 Å². The maximum atomic E-state index is 2.24. The minimum atomic E-state index is 0.274. The van der Waals surface area contributed by atoms with Crippen LogP contribution in [0.2, 0.25) is 0 Å². The third-order valence-electron chi connectivity index (χ3n) is 5.52. The van der Waals surface area contributed by atoms with Crippen LogP contribution in [-0.2, 0) is 0 Å². The SMILES string of the molecule is C1CCC2SC3=C(SC2C1)SC1(S3)SC2=C(SC3CCCCC3S2)S1. The van der Waals surface area contributed by atoms with Crippen LogP contribution in [0.4, 0.5) is 0 Å². The van der Waals surface area contributed by atoms with Crippen molar-refractivity contribution in [1.82, 2.24) is 0 Å². The highest BCUT2D eigenvalue weighted by atomic mass is 32.3. The Morgan fingerprint density at radius 3 is 1.04 bits per heavy atom. The van der Waals surface area contributed by atoms with E-state index in [4.69, 9.17) is 0 Å². The third-order valence-corrected chi connectivity index (χ3v) is 19.8. The lowest BCUT2D eigenvalue weighted by atomic mass is 10.00. The first-order valence-corrected chi connectivity index (χ1v) is 16.0. The zero-order valence-corrected chi connectivity index (χ0v) is 20.3. The monoisotopic (exact) mass is 480 g/mol. The fraction of sp³-hybridized carbons (Fsp3) is 0.765. The van der Waals surface area contributed by atoms with Gasteiger partial charge < -0.3 is 0 Å². The van der Waals surface area contributed by atoms with Gasteiger partial charge in [0.05, 0.1) is 16.9 Å². The smallest absolute Gasteiger partial charge is 0.113 e. The van der Waals surface area contributed by atoms with Gasteiger partial charge in [-0.1, -0.05) is 72.7 Å². The Morgan fingerprint density at radius 2 is 0.760 bits per heavy atom. The Morgan fingerprint density at radius 1 is 0.480 bits per heavy atom. The van der Waals surface area contributed by atoms with Gasteiger partial charge in [0, 0.05) is 21.0 Å². The van der Waals surface area contributed by atoms with E-state index in [0.29, 0.717) is 0 Å². The molecular weight excluding hydrogens is 461 g/mol. The Hall–Kier alpha value is 2.28. The van der Waals surface area contributed by atoms with E-state index in [9.17, 15) is 0 Å². The van der Waals surface area contributed by atoms with E-state index in [1.165, 1.54) is 51.4 Å². The maximum Gasteiger partial charge on any atom is 0.173 e. The second kappa shape index (κ2) is 7.21. The fourth-order valence-corrected chi connectivity index (χ4v) is 21.7. The second-order valence-corrected chi connectivity index (χ2v) is 19.7. The second-order valence-electron chi connectivity index (χ2n) is 7.25. The Bertz CT molecular complexity index is 544. The molecular formula is C17H20S8. The molecule has 0 aromatic heterocycles. The molecule has 4 atom stereocenters. The summed E-state index contributed by atoms with van der Waals surface area (Å²) in [6.07, 6.45) is 11.6. The average Bonchev–Trinajstić information content (AvgIpc) is 3.14. The lowest BCUT2D eigenvalue weighted by Gasteiger charge is -2.34. The summed E-state index contributed by atoms with van der Waals surface area (Å²) in [7, 11) is 0. The molecule has 2 aliphatic carbocycles. The topological polar surface area (TPSA) is 0 Å². The summed E-state index contributed by atoms with van der Waals surface area (Å²) in [5, 5.41) is 3.58. The van der Waals surface area contributed by atoms with Crippen LogP contribution in [0.3, 0.4) is 0 Å². The summed E-state index contributed by atoms with van der Waals surface area (Å²) < 4.78 is 6.96. The van der Waals surface area contributed by atoms with Gasteiger partial charge in [0.1, 0.15) is 0 Å². The molecule has 6 rings (SSSR count). The molecule has 0 nitrogen and oxygen atoms in total. The molecule has 1 spiro atoms. The molecule has 6 aliphatic rings. The van der Waals surface area contributed by atoms with Crippen molar-refractivity contribution in [3.63, 3.8) is 0 Å². The largest absolute Gasteiger partial charge is 0.173 e. The molecule has 4 heterocycles. The molecule has 136 valence electrons. The minimum Gasteiger partial charge on any atom is -0.113 e. The van der Waals surface area contributed by atoms with E-state index in [2.05, 4.69) is 94.1 Å². The van der Waals surface area contributed by atoms with Crippen LogP contribution in [0, 0.1) is 0 Å². The van der Waals surface area contributed by atoms with Gasteiger partial charge in [0.15, 0.2) is 2.74 Å². The molecule has 0 aromatic carbocycles. The lowest BCUT2D eigenvalue weighted by molar-refractivity contribution is 0.528. The third kappa shape index (κ3) is 3.32.